The Morgan fingerprint density at radius 3 is 2.48 bits per heavy atom. The molecule has 4 amide bonds. The maximum Gasteiger partial charge on any atom is 0.344 e. The Bertz CT molecular complexity index is 1030. The smallest absolute Gasteiger partial charge is 0.344 e. The van der Waals surface area contributed by atoms with E-state index in [2.05, 4.69) is 21.2 Å². The summed E-state index contributed by atoms with van der Waals surface area (Å²) in [6.07, 6.45) is 0.328. The molecule has 0 unspecified atom stereocenters. The quantitative estimate of drug-likeness (QED) is 0.525. The van der Waals surface area contributed by atoms with Crippen LogP contribution < -0.4 is 15.0 Å². The number of hydrogen-bond acceptors (Lipinski definition) is 5. The van der Waals surface area contributed by atoms with E-state index in [0.29, 0.717) is 21.5 Å². The largest absolute Gasteiger partial charge is 0.479 e. The minimum absolute atomic E-state index is 0.211. The van der Waals surface area contributed by atoms with Gasteiger partial charge in [0.25, 0.3) is 11.8 Å². The van der Waals surface area contributed by atoms with Crippen LogP contribution in [0.15, 0.2) is 58.6 Å². The number of aliphatic carboxylic acids is 1. The van der Waals surface area contributed by atoms with E-state index in [1.807, 2.05) is 0 Å². The number of anilines is 1. The Balaban J connectivity index is 1.87. The third kappa shape index (κ3) is 4.52. The molecule has 0 radical (unpaired) electrons. The van der Waals surface area contributed by atoms with Gasteiger partial charge >= 0.3 is 12.0 Å². The Morgan fingerprint density at radius 2 is 1.86 bits per heavy atom. The lowest BCUT2D eigenvalue weighted by Crippen LogP contribution is -2.54. The lowest BCUT2D eigenvalue weighted by atomic mass is 10.1. The molecule has 0 saturated carbocycles. The predicted octanol–water partition coefficient (Wildman–Crippen LogP) is 2.97. The molecule has 0 bridgehead atoms. The van der Waals surface area contributed by atoms with Gasteiger partial charge in [-0.25, -0.2) is 14.5 Å². The normalized spacial score (nSPS) is 16.6. The molecule has 0 aromatic heterocycles. The second kappa shape index (κ2) is 8.27. The van der Waals surface area contributed by atoms with Crippen molar-refractivity contribution >= 4 is 51.5 Å². The first kappa shape index (κ1) is 20.3. The molecular weight excluding hydrogens is 444 g/mol. The molecule has 2 aromatic carbocycles. The van der Waals surface area contributed by atoms with Crippen molar-refractivity contribution in [3.05, 3.63) is 64.1 Å². The van der Waals surface area contributed by atoms with E-state index in [9.17, 15) is 19.2 Å². The van der Waals surface area contributed by atoms with Gasteiger partial charge in [0, 0.05) is 4.47 Å². The number of amides is 4. The summed E-state index contributed by atoms with van der Waals surface area (Å²) in [5.41, 5.74) is 0.603. The van der Waals surface area contributed by atoms with Crippen LogP contribution in [0.4, 0.5) is 10.5 Å². The van der Waals surface area contributed by atoms with E-state index in [0.717, 1.165) is 4.90 Å². The Morgan fingerprint density at radius 1 is 1.17 bits per heavy atom. The number of ether oxygens (including phenoxy) is 1. The number of nitrogens with one attached hydrogen (secondary N) is 1. The first-order valence-electron chi connectivity index (χ1n) is 8.43. The number of carbonyl (C=O) groups excluding carboxylic acids is 3. The zero-order chi connectivity index (χ0) is 21.1. The summed E-state index contributed by atoms with van der Waals surface area (Å²) in [6.45, 7) is 1.40. The van der Waals surface area contributed by atoms with E-state index >= 15 is 0 Å². The molecule has 0 spiro atoms. The van der Waals surface area contributed by atoms with Crippen LogP contribution in [-0.4, -0.2) is 35.0 Å². The number of imide groups is 2. The SMILES string of the molecule is C[C@@H](Oc1ccc(/C=C2\C(=O)NC(=O)N(c3cccc(Br)c3)C2=O)cc1)C(=O)O. The van der Waals surface area contributed by atoms with Crippen molar-refractivity contribution in [1.29, 1.82) is 0 Å². The maximum absolute atomic E-state index is 12.8. The number of carboxylic acid groups (broad SMARTS) is 1. The Kier molecular flexibility index (Phi) is 5.79. The van der Waals surface area contributed by atoms with Gasteiger partial charge in [0.15, 0.2) is 6.10 Å². The molecule has 1 atom stereocenters. The van der Waals surface area contributed by atoms with Crippen LogP contribution in [-0.2, 0) is 14.4 Å². The molecule has 9 heteroatoms. The molecule has 148 valence electrons. The topological polar surface area (TPSA) is 113 Å². The molecule has 1 aliphatic heterocycles. The van der Waals surface area contributed by atoms with Gasteiger partial charge in [-0.1, -0.05) is 34.1 Å². The molecule has 8 nitrogen and oxygen atoms in total. The second-order valence-corrected chi connectivity index (χ2v) is 7.02. The van der Waals surface area contributed by atoms with Crippen LogP contribution in [0.3, 0.4) is 0 Å². The van der Waals surface area contributed by atoms with Gasteiger partial charge in [-0.2, -0.15) is 0 Å². The predicted molar refractivity (Wildman–Crippen MR) is 107 cm³/mol. The standard InChI is InChI=1S/C20H15BrN2O6/c1-11(19(26)27)29-15-7-5-12(6-8-15)9-16-17(24)22-20(28)23(18(16)25)14-4-2-3-13(21)10-14/h2-11H,1H3,(H,26,27)(H,22,24,28)/b16-9+/t11-/m1/s1. The van der Waals surface area contributed by atoms with E-state index in [1.54, 1.807) is 36.4 Å². The van der Waals surface area contributed by atoms with Crippen molar-refractivity contribution in [3.8, 4) is 5.75 Å². The van der Waals surface area contributed by atoms with Crippen LogP contribution >= 0.6 is 15.9 Å². The van der Waals surface area contributed by atoms with Crippen LogP contribution in [0.1, 0.15) is 12.5 Å². The summed E-state index contributed by atoms with van der Waals surface area (Å²) in [6, 6.07) is 11.9. The number of hydrogen-bond donors (Lipinski definition) is 2. The number of halogens is 1. The zero-order valence-electron chi connectivity index (χ0n) is 15.1. The van der Waals surface area contributed by atoms with Crippen molar-refractivity contribution in [3.63, 3.8) is 0 Å². The molecule has 2 N–H and O–H groups in total. The van der Waals surface area contributed by atoms with Gasteiger partial charge in [-0.05, 0) is 48.9 Å². The van der Waals surface area contributed by atoms with E-state index in [-0.39, 0.29) is 5.57 Å². The molecule has 1 fully saturated rings. The lowest BCUT2D eigenvalue weighted by Gasteiger charge is -2.26. The van der Waals surface area contributed by atoms with Gasteiger partial charge in [-0.15, -0.1) is 0 Å². The average molecular weight is 459 g/mol. The number of benzene rings is 2. The van der Waals surface area contributed by atoms with E-state index in [4.69, 9.17) is 9.84 Å². The molecule has 3 rings (SSSR count). The highest BCUT2D eigenvalue weighted by molar-refractivity contribution is 9.10. The Labute approximate surface area is 173 Å². The number of nitrogens with zero attached hydrogens (tertiary/aromatic N) is 1. The summed E-state index contributed by atoms with van der Waals surface area (Å²) < 4.78 is 5.91. The van der Waals surface area contributed by atoms with Crippen LogP contribution in [0.5, 0.6) is 5.75 Å². The fourth-order valence-corrected chi connectivity index (χ4v) is 2.96. The molecule has 1 heterocycles. The van der Waals surface area contributed by atoms with Gasteiger partial charge < -0.3 is 9.84 Å². The van der Waals surface area contributed by atoms with Crippen LogP contribution in [0.25, 0.3) is 6.08 Å². The highest BCUT2D eigenvalue weighted by atomic mass is 79.9. The Hall–Kier alpha value is -3.46. The molecule has 2 aromatic rings. The van der Waals surface area contributed by atoms with Crippen molar-refractivity contribution in [2.24, 2.45) is 0 Å². The summed E-state index contributed by atoms with van der Waals surface area (Å²) in [7, 11) is 0. The minimum Gasteiger partial charge on any atom is -0.479 e. The zero-order valence-corrected chi connectivity index (χ0v) is 16.7. The fourth-order valence-electron chi connectivity index (χ4n) is 2.57. The second-order valence-electron chi connectivity index (χ2n) is 6.11. The number of carbonyl (C=O) groups is 4. The average Bonchev–Trinajstić information content (AvgIpc) is 2.66. The third-order valence-corrected chi connectivity index (χ3v) is 4.51. The molecule has 29 heavy (non-hydrogen) atoms. The van der Waals surface area contributed by atoms with Crippen LogP contribution in [0.2, 0.25) is 0 Å². The first-order chi connectivity index (χ1) is 13.8. The molecular formula is C20H15BrN2O6. The highest BCUT2D eigenvalue weighted by Gasteiger charge is 2.36. The van der Waals surface area contributed by atoms with E-state index in [1.165, 1.54) is 25.1 Å². The monoisotopic (exact) mass is 458 g/mol. The van der Waals surface area contributed by atoms with Crippen molar-refractivity contribution in [2.45, 2.75) is 13.0 Å². The van der Waals surface area contributed by atoms with Gasteiger partial charge in [0.05, 0.1) is 5.69 Å². The highest BCUT2D eigenvalue weighted by Crippen LogP contribution is 2.25. The molecule has 1 aliphatic rings. The van der Waals surface area contributed by atoms with Gasteiger partial charge in [-0.3, -0.25) is 14.9 Å². The summed E-state index contributed by atoms with van der Waals surface area (Å²) in [5, 5.41) is 11.0. The third-order valence-electron chi connectivity index (χ3n) is 4.02. The summed E-state index contributed by atoms with van der Waals surface area (Å²) >= 11 is 3.28. The fraction of sp³-hybridized carbons (Fsp3) is 0.100. The molecule has 1 saturated heterocycles. The summed E-state index contributed by atoms with van der Waals surface area (Å²) in [4.78, 5) is 48.9. The molecule has 0 aliphatic carbocycles. The van der Waals surface area contributed by atoms with Crippen molar-refractivity contribution < 1.29 is 29.0 Å². The number of carboxylic acids is 1. The maximum atomic E-state index is 12.8. The van der Waals surface area contributed by atoms with Gasteiger partial charge in [0.2, 0.25) is 0 Å². The number of barbiturate groups is 1. The first-order valence-corrected chi connectivity index (χ1v) is 9.22. The minimum atomic E-state index is -1.10. The lowest BCUT2D eigenvalue weighted by molar-refractivity contribution is -0.144. The van der Waals surface area contributed by atoms with Crippen molar-refractivity contribution in [2.75, 3.05) is 4.90 Å². The number of urea groups is 1. The summed E-state index contributed by atoms with van der Waals surface area (Å²) in [5.74, 6) is -2.33. The van der Waals surface area contributed by atoms with Crippen molar-refractivity contribution in [1.82, 2.24) is 5.32 Å². The van der Waals surface area contributed by atoms with Gasteiger partial charge in [0.1, 0.15) is 11.3 Å². The van der Waals surface area contributed by atoms with E-state index < -0.39 is 29.9 Å². The number of rotatable bonds is 5. The van der Waals surface area contributed by atoms with Crippen LogP contribution in [0, 0.1) is 0 Å².